The SMILES string of the molecule is C[C@H]1Cc2ccccc2N1C(=O)COC(=O)c1cc(-c2ccccc2)n[nH]1. The molecule has 1 aromatic heterocycles. The number of carbonyl (C=O) groups excluding carboxylic acids is 2. The smallest absolute Gasteiger partial charge is 0.356 e. The van der Waals surface area contributed by atoms with Crippen LogP contribution in [0, 0.1) is 0 Å². The average Bonchev–Trinajstić information content (AvgIpc) is 3.30. The average molecular weight is 361 g/mol. The van der Waals surface area contributed by atoms with Crippen LogP contribution in [-0.2, 0) is 16.0 Å². The molecule has 0 aliphatic carbocycles. The molecule has 0 spiro atoms. The molecule has 1 aliphatic rings. The second-order valence-corrected chi connectivity index (χ2v) is 6.55. The van der Waals surface area contributed by atoms with Gasteiger partial charge in [-0.25, -0.2) is 4.79 Å². The predicted octanol–water partition coefficient (Wildman–Crippen LogP) is 3.21. The van der Waals surface area contributed by atoms with Gasteiger partial charge in [0.05, 0.1) is 5.69 Å². The Hall–Kier alpha value is -3.41. The maximum Gasteiger partial charge on any atom is 0.356 e. The fourth-order valence-corrected chi connectivity index (χ4v) is 3.40. The van der Waals surface area contributed by atoms with Crippen LogP contribution in [-0.4, -0.2) is 34.7 Å². The van der Waals surface area contributed by atoms with E-state index in [9.17, 15) is 9.59 Å². The van der Waals surface area contributed by atoms with Crippen molar-refractivity contribution < 1.29 is 14.3 Å². The fraction of sp³-hybridized carbons (Fsp3) is 0.190. The van der Waals surface area contributed by atoms with E-state index in [-0.39, 0.29) is 24.2 Å². The summed E-state index contributed by atoms with van der Waals surface area (Å²) in [6.45, 7) is 1.68. The van der Waals surface area contributed by atoms with Gasteiger partial charge in [-0.15, -0.1) is 0 Å². The lowest BCUT2D eigenvalue weighted by molar-refractivity contribution is -0.122. The summed E-state index contributed by atoms with van der Waals surface area (Å²) in [5.41, 5.74) is 3.78. The highest BCUT2D eigenvalue weighted by molar-refractivity contribution is 5.99. The first-order chi connectivity index (χ1) is 13.1. The minimum absolute atomic E-state index is 0.0467. The maximum atomic E-state index is 12.6. The van der Waals surface area contributed by atoms with Gasteiger partial charge in [0.2, 0.25) is 0 Å². The summed E-state index contributed by atoms with van der Waals surface area (Å²) >= 11 is 0. The first-order valence-electron chi connectivity index (χ1n) is 8.81. The zero-order chi connectivity index (χ0) is 18.8. The van der Waals surface area contributed by atoms with Gasteiger partial charge in [0.25, 0.3) is 5.91 Å². The molecule has 0 bridgehead atoms. The van der Waals surface area contributed by atoms with Crippen molar-refractivity contribution in [2.45, 2.75) is 19.4 Å². The molecule has 0 radical (unpaired) electrons. The number of benzene rings is 2. The number of para-hydroxylation sites is 1. The standard InChI is InChI=1S/C21H19N3O3/c1-14-11-16-9-5-6-10-19(16)24(14)20(25)13-27-21(26)18-12-17(22-23-18)15-7-3-2-4-8-15/h2-10,12,14H,11,13H2,1H3,(H,22,23)/t14-/m0/s1. The number of aromatic amines is 1. The number of ether oxygens (including phenoxy) is 1. The van der Waals surface area contributed by atoms with Crippen LogP contribution in [0.4, 0.5) is 5.69 Å². The van der Waals surface area contributed by atoms with E-state index in [0.717, 1.165) is 23.2 Å². The summed E-state index contributed by atoms with van der Waals surface area (Å²) in [6, 6.07) is 19.0. The first kappa shape index (κ1) is 17.0. The van der Waals surface area contributed by atoms with E-state index in [2.05, 4.69) is 10.2 Å². The topological polar surface area (TPSA) is 75.3 Å². The monoisotopic (exact) mass is 361 g/mol. The van der Waals surface area contributed by atoms with Crippen LogP contribution in [0.5, 0.6) is 0 Å². The number of esters is 1. The molecule has 1 atom stereocenters. The minimum Gasteiger partial charge on any atom is -0.451 e. The van der Waals surface area contributed by atoms with Gasteiger partial charge in [0.15, 0.2) is 6.61 Å². The van der Waals surface area contributed by atoms with Gasteiger partial charge in [0.1, 0.15) is 5.69 Å². The van der Waals surface area contributed by atoms with E-state index >= 15 is 0 Å². The Morgan fingerprint density at radius 2 is 1.89 bits per heavy atom. The highest BCUT2D eigenvalue weighted by atomic mass is 16.5. The van der Waals surface area contributed by atoms with Gasteiger partial charge in [-0.3, -0.25) is 9.89 Å². The molecule has 3 aromatic rings. The van der Waals surface area contributed by atoms with Crippen LogP contribution in [0.25, 0.3) is 11.3 Å². The molecule has 0 fully saturated rings. The van der Waals surface area contributed by atoms with E-state index < -0.39 is 5.97 Å². The molecule has 2 heterocycles. The Morgan fingerprint density at radius 1 is 1.15 bits per heavy atom. The van der Waals surface area contributed by atoms with Crippen molar-refractivity contribution in [3.63, 3.8) is 0 Å². The van der Waals surface area contributed by atoms with Gasteiger partial charge < -0.3 is 9.64 Å². The number of anilines is 1. The molecule has 0 saturated heterocycles. The molecule has 1 N–H and O–H groups in total. The molecule has 2 aromatic carbocycles. The van der Waals surface area contributed by atoms with E-state index in [1.807, 2.05) is 61.5 Å². The molecule has 27 heavy (non-hydrogen) atoms. The largest absolute Gasteiger partial charge is 0.451 e. The van der Waals surface area contributed by atoms with Crippen LogP contribution in [0.3, 0.4) is 0 Å². The highest BCUT2D eigenvalue weighted by Gasteiger charge is 2.31. The second kappa shape index (κ2) is 7.07. The third-order valence-corrected chi connectivity index (χ3v) is 4.67. The number of rotatable bonds is 4. The molecular weight excluding hydrogens is 342 g/mol. The molecule has 136 valence electrons. The van der Waals surface area contributed by atoms with Gasteiger partial charge in [0, 0.05) is 17.3 Å². The number of hydrogen-bond donors (Lipinski definition) is 1. The van der Waals surface area contributed by atoms with Crippen molar-refractivity contribution in [3.8, 4) is 11.3 Å². The highest BCUT2D eigenvalue weighted by Crippen LogP contribution is 2.31. The van der Waals surface area contributed by atoms with Crippen molar-refractivity contribution >= 4 is 17.6 Å². The van der Waals surface area contributed by atoms with Gasteiger partial charge in [-0.2, -0.15) is 5.10 Å². The van der Waals surface area contributed by atoms with Crippen molar-refractivity contribution in [2.75, 3.05) is 11.5 Å². The molecule has 1 amide bonds. The number of nitrogens with one attached hydrogen (secondary N) is 1. The minimum atomic E-state index is -0.599. The number of carbonyl (C=O) groups is 2. The predicted molar refractivity (Wildman–Crippen MR) is 101 cm³/mol. The maximum absolute atomic E-state index is 12.6. The first-order valence-corrected chi connectivity index (χ1v) is 8.81. The lowest BCUT2D eigenvalue weighted by Crippen LogP contribution is -2.38. The lowest BCUT2D eigenvalue weighted by atomic mass is 10.1. The van der Waals surface area contributed by atoms with Gasteiger partial charge in [-0.05, 0) is 31.0 Å². The normalized spacial score (nSPS) is 15.4. The Bertz CT molecular complexity index is 981. The van der Waals surface area contributed by atoms with Crippen molar-refractivity contribution in [2.24, 2.45) is 0 Å². The van der Waals surface area contributed by atoms with E-state index in [1.165, 1.54) is 0 Å². The Balaban J connectivity index is 1.41. The zero-order valence-corrected chi connectivity index (χ0v) is 14.9. The fourth-order valence-electron chi connectivity index (χ4n) is 3.40. The quantitative estimate of drug-likeness (QED) is 0.724. The number of hydrogen-bond acceptors (Lipinski definition) is 4. The zero-order valence-electron chi connectivity index (χ0n) is 14.9. The van der Waals surface area contributed by atoms with Crippen LogP contribution < -0.4 is 4.90 Å². The lowest BCUT2D eigenvalue weighted by Gasteiger charge is -2.22. The molecule has 1 aliphatic heterocycles. The summed E-state index contributed by atoms with van der Waals surface area (Å²) < 4.78 is 5.21. The number of aromatic nitrogens is 2. The summed E-state index contributed by atoms with van der Waals surface area (Å²) in [6.07, 6.45) is 0.802. The Labute approximate surface area is 156 Å². The number of H-pyrrole nitrogens is 1. The van der Waals surface area contributed by atoms with E-state index in [1.54, 1.807) is 11.0 Å². The summed E-state index contributed by atoms with van der Waals surface area (Å²) in [5.74, 6) is -0.832. The van der Waals surface area contributed by atoms with Gasteiger partial charge >= 0.3 is 5.97 Å². The third-order valence-electron chi connectivity index (χ3n) is 4.67. The number of nitrogens with zero attached hydrogens (tertiary/aromatic N) is 2. The van der Waals surface area contributed by atoms with Crippen molar-refractivity contribution in [1.29, 1.82) is 0 Å². The summed E-state index contributed by atoms with van der Waals surface area (Å²) in [7, 11) is 0. The van der Waals surface area contributed by atoms with Crippen LogP contribution >= 0.6 is 0 Å². The third kappa shape index (κ3) is 3.33. The van der Waals surface area contributed by atoms with Crippen LogP contribution in [0.1, 0.15) is 23.0 Å². The molecule has 6 heteroatoms. The molecular formula is C21H19N3O3. The van der Waals surface area contributed by atoms with Crippen LogP contribution in [0.2, 0.25) is 0 Å². The number of amides is 1. The molecule has 6 nitrogen and oxygen atoms in total. The Morgan fingerprint density at radius 3 is 2.70 bits per heavy atom. The van der Waals surface area contributed by atoms with E-state index in [0.29, 0.717) is 5.69 Å². The van der Waals surface area contributed by atoms with Crippen molar-refractivity contribution in [1.82, 2.24) is 10.2 Å². The summed E-state index contributed by atoms with van der Waals surface area (Å²) in [4.78, 5) is 26.6. The second-order valence-electron chi connectivity index (χ2n) is 6.55. The molecule has 4 rings (SSSR count). The Kier molecular flexibility index (Phi) is 4.46. The van der Waals surface area contributed by atoms with E-state index in [4.69, 9.17) is 4.74 Å². The van der Waals surface area contributed by atoms with Crippen molar-refractivity contribution in [3.05, 3.63) is 71.9 Å². The summed E-state index contributed by atoms with van der Waals surface area (Å²) in [5, 5.41) is 6.80. The van der Waals surface area contributed by atoms with Gasteiger partial charge in [-0.1, -0.05) is 48.5 Å². The van der Waals surface area contributed by atoms with Crippen LogP contribution in [0.15, 0.2) is 60.7 Å². The molecule has 0 saturated carbocycles. The number of fused-ring (bicyclic) bond motifs is 1. The molecule has 0 unspecified atom stereocenters.